The lowest BCUT2D eigenvalue weighted by Crippen LogP contribution is -2.27. The van der Waals surface area contributed by atoms with Gasteiger partial charge >= 0.3 is 0 Å². The fourth-order valence-electron chi connectivity index (χ4n) is 1.87. The van der Waals surface area contributed by atoms with Gasteiger partial charge in [0.05, 0.1) is 13.7 Å². The van der Waals surface area contributed by atoms with Gasteiger partial charge in [0.2, 0.25) is 5.91 Å². The summed E-state index contributed by atoms with van der Waals surface area (Å²) < 4.78 is 5.04. The van der Waals surface area contributed by atoms with Crippen LogP contribution in [0.4, 0.5) is 0 Å². The molecule has 0 aliphatic carbocycles. The van der Waals surface area contributed by atoms with E-state index in [-0.39, 0.29) is 18.4 Å². The van der Waals surface area contributed by atoms with E-state index in [9.17, 15) is 9.59 Å². The predicted molar refractivity (Wildman–Crippen MR) is 88.4 cm³/mol. The van der Waals surface area contributed by atoms with Crippen LogP contribution in [0.25, 0.3) is 0 Å². The van der Waals surface area contributed by atoms with Crippen molar-refractivity contribution < 1.29 is 19.4 Å². The topological polar surface area (TPSA) is 87.7 Å². The SMILES string of the molecule is COc1ccc(C(=O)NCCCCNC(=O)/C(C)=C/CO)cc1. The van der Waals surface area contributed by atoms with Gasteiger partial charge < -0.3 is 20.5 Å². The molecule has 0 saturated heterocycles. The molecular formula is C17H24N2O4. The summed E-state index contributed by atoms with van der Waals surface area (Å²) in [7, 11) is 1.58. The summed E-state index contributed by atoms with van der Waals surface area (Å²) in [5, 5.41) is 14.3. The molecule has 2 amide bonds. The van der Waals surface area contributed by atoms with E-state index in [0.29, 0.717) is 30.0 Å². The van der Waals surface area contributed by atoms with Crippen molar-refractivity contribution in [3.63, 3.8) is 0 Å². The Morgan fingerprint density at radius 2 is 1.74 bits per heavy atom. The van der Waals surface area contributed by atoms with E-state index >= 15 is 0 Å². The Bertz CT molecular complexity index is 538. The number of methoxy groups -OCH3 is 1. The Balaban J connectivity index is 2.18. The maximum absolute atomic E-state index is 11.9. The molecule has 0 fully saturated rings. The molecule has 6 nitrogen and oxygen atoms in total. The number of hydrogen-bond donors (Lipinski definition) is 3. The molecule has 0 aliphatic rings. The minimum Gasteiger partial charge on any atom is -0.497 e. The summed E-state index contributed by atoms with van der Waals surface area (Å²) in [6.45, 7) is 2.59. The summed E-state index contributed by atoms with van der Waals surface area (Å²) in [5.41, 5.74) is 1.09. The van der Waals surface area contributed by atoms with Gasteiger partial charge in [-0.25, -0.2) is 0 Å². The monoisotopic (exact) mass is 320 g/mol. The third-order valence-electron chi connectivity index (χ3n) is 3.28. The van der Waals surface area contributed by atoms with E-state index in [4.69, 9.17) is 9.84 Å². The van der Waals surface area contributed by atoms with Crippen molar-refractivity contribution in [1.82, 2.24) is 10.6 Å². The number of benzene rings is 1. The Morgan fingerprint density at radius 3 is 2.30 bits per heavy atom. The van der Waals surface area contributed by atoms with E-state index in [1.807, 2.05) is 0 Å². The van der Waals surface area contributed by atoms with Gasteiger partial charge in [-0.05, 0) is 44.0 Å². The molecule has 1 rings (SSSR count). The summed E-state index contributed by atoms with van der Waals surface area (Å²) in [6.07, 6.45) is 3.00. The van der Waals surface area contributed by atoms with Crippen LogP contribution >= 0.6 is 0 Å². The average Bonchev–Trinajstić information content (AvgIpc) is 2.57. The Kier molecular flexibility index (Phi) is 8.46. The molecule has 126 valence electrons. The van der Waals surface area contributed by atoms with Crippen LogP contribution < -0.4 is 15.4 Å². The molecule has 3 N–H and O–H groups in total. The summed E-state index contributed by atoms with van der Waals surface area (Å²) in [4.78, 5) is 23.4. The first kappa shape index (κ1) is 18.7. The van der Waals surface area contributed by atoms with Gasteiger partial charge in [0.1, 0.15) is 5.75 Å². The first-order valence-corrected chi connectivity index (χ1v) is 7.56. The number of carbonyl (C=O) groups is 2. The lowest BCUT2D eigenvalue weighted by Gasteiger charge is -2.07. The Hall–Kier alpha value is -2.34. The fraction of sp³-hybridized carbons (Fsp3) is 0.412. The van der Waals surface area contributed by atoms with E-state index in [2.05, 4.69) is 10.6 Å². The fourth-order valence-corrected chi connectivity index (χ4v) is 1.87. The minimum absolute atomic E-state index is 0.126. The van der Waals surface area contributed by atoms with Crippen molar-refractivity contribution in [2.45, 2.75) is 19.8 Å². The molecule has 0 spiro atoms. The average molecular weight is 320 g/mol. The van der Waals surface area contributed by atoms with Crippen molar-refractivity contribution in [1.29, 1.82) is 0 Å². The molecule has 1 aromatic rings. The first-order valence-electron chi connectivity index (χ1n) is 7.56. The number of aliphatic hydroxyl groups excluding tert-OH is 1. The maximum atomic E-state index is 11.9. The van der Waals surface area contributed by atoms with E-state index in [1.54, 1.807) is 38.3 Å². The van der Waals surface area contributed by atoms with Gasteiger partial charge in [0, 0.05) is 24.2 Å². The highest BCUT2D eigenvalue weighted by Gasteiger charge is 2.05. The van der Waals surface area contributed by atoms with Gasteiger partial charge in [-0.3, -0.25) is 9.59 Å². The summed E-state index contributed by atoms with van der Waals surface area (Å²) in [6, 6.07) is 6.91. The number of rotatable bonds is 9. The molecule has 0 bridgehead atoms. The molecule has 0 heterocycles. The third kappa shape index (κ3) is 6.97. The zero-order valence-corrected chi connectivity index (χ0v) is 13.6. The number of carbonyl (C=O) groups excluding carboxylic acids is 2. The predicted octanol–water partition coefficient (Wildman–Crippen LogP) is 1.26. The lowest BCUT2D eigenvalue weighted by atomic mass is 10.2. The van der Waals surface area contributed by atoms with Crippen molar-refractivity contribution in [3.05, 3.63) is 41.5 Å². The molecule has 23 heavy (non-hydrogen) atoms. The molecule has 1 aromatic carbocycles. The molecule has 0 aromatic heterocycles. The standard InChI is InChI=1S/C17H24N2O4/c1-13(9-12-20)16(21)18-10-3-4-11-19-17(22)14-5-7-15(23-2)8-6-14/h5-9,20H,3-4,10-12H2,1-2H3,(H,18,21)(H,19,22)/b13-9+. The number of ether oxygens (including phenoxy) is 1. The van der Waals surface area contributed by atoms with Crippen molar-refractivity contribution in [2.75, 3.05) is 26.8 Å². The highest BCUT2D eigenvalue weighted by atomic mass is 16.5. The van der Waals surface area contributed by atoms with Crippen LogP contribution in [0.1, 0.15) is 30.1 Å². The smallest absolute Gasteiger partial charge is 0.251 e. The minimum atomic E-state index is -0.179. The van der Waals surface area contributed by atoms with Crippen molar-refractivity contribution >= 4 is 11.8 Å². The second kappa shape index (κ2) is 10.4. The zero-order valence-electron chi connectivity index (χ0n) is 13.6. The molecule has 0 unspecified atom stereocenters. The number of hydrogen-bond acceptors (Lipinski definition) is 4. The van der Waals surface area contributed by atoms with Gasteiger partial charge in [-0.2, -0.15) is 0 Å². The highest BCUT2D eigenvalue weighted by molar-refractivity contribution is 5.94. The van der Waals surface area contributed by atoms with Gasteiger partial charge in [-0.15, -0.1) is 0 Å². The van der Waals surface area contributed by atoms with Crippen molar-refractivity contribution in [3.8, 4) is 5.75 Å². The van der Waals surface area contributed by atoms with Crippen LogP contribution in [0.15, 0.2) is 35.9 Å². The molecular weight excluding hydrogens is 296 g/mol. The van der Waals surface area contributed by atoms with Gasteiger partial charge in [0.25, 0.3) is 5.91 Å². The molecule has 0 saturated carbocycles. The zero-order chi connectivity index (χ0) is 17.1. The highest BCUT2D eigenvalue weighted by Crippen LogP contribution is 2.10. The van der Waals surface area contributed by atoms with Gasteiger partial charge in [-0.1, -0.05) is 6.08 Å². The largest absolute Gasteiger partial charge is 0.497 e. The first-order chi connectivity index (χ1) is 11.1. The molecule has 6 heteroatoms. The number of unbranched alkanes of at least 4 members (excludes halogenated alkanes) is 1. The van der Waals surface area contributed by atoms with E-state index in [0.717, 1.165) is 12.8 Å². The quantitative estimate of drug-likeness (QED) is 0.472. The van der Waals surface area contributed by atoms with Crippen molar-refractivity contribution in [2.24, 2.45) is 0 Å². The number of amides is 2. The van der Waals surface area contributed by atoms with E-state index in [1.165, 1.54) is 6.08 Å². The van der Waals surface area contributed by atoms with Gasteiger partial charge in [0.15, 0.2) is 0 Å². The normalized spacial score (nSPS) is 11.0. The van der Waals surface area contributed by atoms with Crippen LogP contribution in [0.5, 0.6) is 5.75 Å². The van der Waals surface area contributed by atoms with Crippen LogP contribution in [-0.4, -0.2) is 43.7 Å². The number of aliphatic hydroxyl groups is 1. The third-order valence-corrected chi connectivity index (χ3v) is 3.28. The van der Waals surface area contributed by atoms with E-state index < -0.39 is 0 Å². The lowest BCUT2D eigenvalue weighted by molar-refractivity contribution is -0.117. The second-order valence-electron chi connectivity index (χ2n) is 5.02. The van der Waals surface area contributed by atoms with Crippen LogP contribution in [0, 0.1) is 0 Å². The maximum Gasteiger partial charge on any atom is 0.251 e. The molecule has 0 radical (unpaired) electrons. The molecule has 0 aliphatic heterocycles. The Morgan fingerprint density at radius 1 is 1.13 bits per heavy atom. The Labute approximate surface area is 136 Å². The number of nitrogens with one attached hydrogen (secondary N) is 2. The van der Waals surface area contributed by atoms with Crippen LogP contribution in [-0.2, 0) is 4.79 Å². The second-order valence-corrected chi connectivity index (χ2v) is 5.02. The summed E-state index contributed by atoms with van der Waals surface area (Å²) in [5.74, 6) is 0.405. The van der Waals surface area contributed by atoms with Crippen LogP contribution in [0.2, 0.25) is 0 Å². The van der Waals surface area contributed by atoms with Crippen LogP contribution in [0.3, 0.4) is 0 Å². The summed E-state index contributed by atoms with van der Waals surface area (Å²) >= 11 is 0. The molecule has 0 atom stereocenters.